The summed E-state index contributed by atoms with van der Waals surface area (Å²) in [5, 5.41) is 7.05. The standard InChI is InChI=1S/C17H23N5O2/c1-4-13-15(8-7-11(2)18-13)24-10-16(23)22-9-5-6-14(22)17-19-12(3)20-21-17/h7-8,14H,4-6,9-10H2,1-3H3,(H,19,20,21)/t14-/m1/s1. The Labute approximate surface area is 141 Å². The van der Waals surface area contributed by atoms with E-state index in [1.54, 1.807) is 0 Å². The van der Waals surface area contributed by atoms with Crippen LogP contribution in [0.5, 0.6) is 5.75 Å². The van der Waals surface area contributed by atoms with Crippen LogP contribution >= 0.6 is 0 Å². The minimum absolute atomic E-state index is 0.0116. The Hall–Kier alpha value is -2.44. The van der Waals surface area contributed by atoms with Gasteiger partial charge in [-0.15, -0.1) is 0 Å². The van der Waals surface area contributed by atoms with Gasteiger partial charge in [-0.1, -0.05) is 6.92 Å². The summed E-state index contributed by atoms with van der Waals surface area (Å²) in [7, 11) is 0. The van der Waals surface area contributed by atoms with Crippen LogP contribution in [-0.2, 0) is 11.2 Å². The van der Waals surface area contributed by atoms with Gasteiger partial charge in [0.2, 0.25) is 0 Å². The largest absolute Gasteiger partial charge is 0.482 e. The molecule has 0 radical (unpaired) electrons. The first-order valence-electron chi connectivity index (χ1n) is 8.36. The van der Waals surface area contributed by atoms with Gasteiger partial charge in [0, 0.05) is 12.2 Å². The second kappa shape index (κ2) is 6.98. The van der Waals surface area contributed by atoms with Gasteiger partial charge in [0.05, 0.1) is 11.7 Å². The van der Waals surface area contributed by atoms with Crippen LogP contribution < -0.4 is 4.74 Å². The minimum Gasteiger partial charge on any atom is -0.482 e. The highest BCUT2D eigenvalue weighted by molar-refractivity contribution is 5.78. The molecule has 1 amide bonds. The molecule has 2 aromatic rings. The van der Waals surface area contributed by atoms with E-state index in [0.29, 0.717) is 18.1 Å². The summed E-state index contributed by atoms with van der Waals surface area (Å²) in [6, 6.07) is 3.72. The number of pyridine rings is 1. The summed E-state index contributed by atoms with van der Waals surface area (Å²) in [5.74, 6) is 2.09. The first-order valence-corrected chi connectivity index (χ1v) is 8.36. The molecule has 0 aromatic carbocycles. The summed E-state index contributed by atoms with van der Waals surface area (Å²) in [6.07, 6.45) is 2.61. The van der Waals surface area contributed by atoms with Gasteiger partial charge in [0.1, 0.15) is 11.6 Å². The van der Waals surface area contributed by atoms with E-state index in [-0.39, 0.29) is 18.6 Å². The Morgan fingerprint density at radius 3 is 2.92 bits per heavy atom. The highest BCUT2D eigenvalue weighted by atomic mass is 16.5. The van der Waals surface area contributed by atoms with Crippen molar-refractivity contribution in [1.82, 2.24) is 25.1 Å². The van der Waals surface area contributed by atoms with Crippen LogP contribution in [0.3, 0.4) is 0 Å². The molecule has 0 aliphatic carbocycles. The third-order valence-electron chi connectivity index (χ3n) is 4.24. The first kappa shape index (κ1) is 16.4. The number of likely N-dealkylation sites (tertiary alicyclic amines) is 1. The fourth-order valence-corrected chi connectivity index (χ4v) is 3.05. The van der Waals surface area contributed by atoms with Crippen molar-refractivity contribution in [2.45, 2.75) is 46.1 Å². The number of aryl methyl sites for hydroxylation is 3. The van der Waals surface area contributed by atoms with E-state index in [0.717, 1.165) is 36.5 Å². The van der Waals surface area contributed by atoms with Crippen molar-refractivity contribution in [3.63, 3.8) is 0 Å². The van der Waals surface area contributed by atoms with Crippen LogP contribution in [0.2, 0.25) is 0 Å². The topological polar surface area (TPSA) is 84.0 Å². The smallest absolute Gasteiger partial charge is 0.261 e. The number of nitrogens with zero attached hydrogens (tertiary/aromatic N) is 4. The zero-order chi connectivity index (χ0) is 17.1. The lowest BCUT2D eigenvalue weighted by Gasteiger charge is -2.22. The third kappa shape index (κ3) is 3.39. The van der Waals surface area contributed by atoms with E-state index in [9.17, 15) is 4.79 Å². The van der Waals surface area contributed by atoms with Gasteiger partial charge >= 0.3 is 0 Å². The molecule has 0 bridgehead atoms. The van der Waals surface area contributed by atoms with E-state index < -0.39 is 0 Å². The lowest BCUT2D eigenvalue weighted by atomic mass is 10.2. The average Bonchev–Trinajstić information content (AvgIpc) is 3.21. The molecule has 128 valence electrons. The SMILES string of the molecule is CCc1nc(C)ccc1OCC(=O)N1CCC[C@@H]1c1n[nH]c(C)n1. The fourth-order valence-electron chi connectivity index (χ4n) is 3.05. The summed E-state index contributed by atoms with van der Waals surface area (Å²) >= 11 is 0. The summed E-state index contributed by atoms with van der Waals surface area (Å²) < 4.78 is 5.74. The molecule has 1 saturated heterocycles. The van der Waals surface area contributed by atoms with E-state index in [1.165, 1.54) is 0 Å². The summed E-state index contributed by atoms with van der Waals surface area (Å²) in [5.41, 5.74) is 1.83. The first-order chi connectivity index (χ1) is 11.6. The van der Waals surface area contributed by atoms with Crippen molar-refractivity contribution < 1.29 is 9.53 Å². The normalized spacial score (nSPS) is 17.3. The molecule has 24 heavy (non-hydrogen) atoms. The predicted octanol–water partition coefficient (Wildman–Crippen LogP) is 2.12. The number of nitrogens with one attached hydrogen (secondary N) is 1. The number of hydrogen-bond donors (Lipinski definition) is 1. The molecule has 0 saturated carbocycles. The molecule has 1 fully saturated rings. The second-order valence-corrected chi connectivity index (χ2v) is 6.06. The van der Waals surface area contributed by atoms with Crippen molar-refractivity contribution in [2.24, 2.45) is 0 Å². The van der Waals surface area contributed by atoms with Gasteiger partial charge in [-0.3, -0.25) is 14.9 Å². The third-order valence-corrected chi connectivity index (χ3v) is 4.24. The van der Waals surface area contributed by atoms with E-state index >= 15 is 0 Å². The number of aromatic amines is 1. The van der Waals surface area contributed by atoms with Crippen molar-refractivity contribution in [1.29, 1.82) is 0 Å². The quantitative estimate of drug-likeness (QED) is 0.908. The highest BCUT2D eigenvalue weighted by Crippen LogP contribution is 2.30. The number of carbonyl (C=O) groups is 1. The van der Waals surface area contributed by atoms with Gasteiger partial charge in [-0.2, -0.15) is 5.10 Å². The van der Waals surface area contributed by atoms with Gasteiger partial charge in [0.15, 0.2) is 12.4 Å². The van der Waals surface area contributed by atoms with E-state index in [4.69, 9.17) is 4.74 Å². The lowest BCUT2D eigenvalue weighted by molar-refractivity contribution is -0.134. The molecular formula is C17H23N5O2. The van der Waals surface area contributed by atoms with Crippen molar-refractivity contribution in [3.8, 4) is 5.75 Å². The van der Waals surface area contributed by atoms with Crippen LogP contribution in [0.1, 0.15) is 48.8 Å². The lowest BCUT2D eigenvalue weighted by Crippen LogP contribution is -2.35. The van der Waals surface area contributed by atoms with Crippen LogP contribution in [-0.4, -0.2) is 44.1 Å². The molecule has 7 nitrogen and oxygen atoms in total. The number of rotatable bonds is 5. The van der Waals surface area contributed by atoms with Gasteiger partial charge in [-0.25, -0.2) is 4.98 Å². The molecule has 1 atom stereocenters. The van der Waals surface area contributed by atoms with Gasteiger partial charge in [0.25, 0.3) is 5.91 Å². The Morgan fingerprint density at radius 2 is 2.21 bits per heavy atom. The maximum atomic E-state index is 12.6. The number of hydrogen-bond acceptors (Lipinski definition) is 5. The Bertz CT molecular complexity index is 728. The van der Waals surface area contributed by atoms with Crippen molar-refractivity contribution in [3.05, 3.63) is 35.2 Å². The molecule has 3 heterocycles. The molecule has 3 rings (SSSR count). The molecule has 1 aliphatic heterocycles. The van der Waals surface area contributed by atoms with Crippen LogP contribution in [0.15, 0.2) is 12.1 Å². The monoisotopic (exact) mass is 329 g/mol. The average molecular weight is 329 g/mol. The molecule has 0 spiro atoms. The van der Waals surface area contributed by atoms with Crippen LogP contribution in [0, 0.1) is 13.8 Å². The Morgan fingerprint density at radius 1 is 1.38 bits per heavy atom. The zero-order valence-electron chi connectivity index (χ0n) is 14.4. The van der Waals surface area contributed by atoms with Gasteiger partial charge in [-0.05, 0) is 45.2 Å². The molecule has 7 heteroatoms. The Kier molecular flexibility index (Phi) is 4.78. The van der Waals surface area contributed by atoms with Crippen molar-refractivity contribution >= 4 is 5.91 Å². The predicted molar refractivity (Wildman–Crippen MR) is 88.7 cm³/mol. The van der Waals surface area contributed by atoms with Gasteiger partial charge < -0.3 is 9.64 Å². The molecule has 0 unspecified atom stereocenters. The number of amides is 1. The number of ether oxygens (including phenoxy) is 1. The second-order valence-electron chi connectivity index (χ2n) is 6.06. The fraction of sp³-hybridized carbons (Fsp3) is 0.529. The molecular weight excluding hydrogens is 306 g/mol. The summed E-state index contributed by atoms with van der Waals surface area (Å²) in [4.78, 5) is 23.2. The molecule has 1 aliphatic rings. The Balaban J connectivity index is 1.66. The number of H-pyrrole nitrogens is 1. The highest BCUT2D eigenvalue weighted by Gasteiger charge is 2.32. The van der Waals surface area contributed by atoms with Crippen LogP contribution in [0.25, 0.3) is 0 Å². The number of aromatic nitrogens is 4. The van der Waals surface area contributed by atoms with E-state index in [1.807, 2.05) is 37.8 Å². The maximum Gasteiger partial charge on any atom is 0.261 e. The number of carbonyl (C=O) groups excluding carboxylic acids is 1. The van der Waals surface area contributed by atoms with Crippen molar-refractivity contribution in [2.75, 3.05) is 13.2 Å². The zero-order valence-corrected chi connectivity index (χ0v) is 14.4. The minimum atomic E-state index is -0.0622. The van der Waals surface area contributed by atoms with E-state index in [2.05, 4.69) is 20.2 Å². The van der Waals surface area contributed by atoms with Crippen LogP contribution in [0.4, 0.5) is 0 Å². The maximum absolute atomic E-state index is 12.6. The molecule has 1 N–H and O–H groups in total. The molecule has 2 aromatic heterocycles. The summed E-state index contributed by atoms with van der Waals surface area (Å²) in [6.45, 7) is 6.56.